The molecule has 0 saturated carbocycles. The number of H-pyrrole nitrogens is 1. The van der Waals surface area contributed by atoms with Gasteiger partial charge in [0.1, 0.15) is 11.4 Å². The largest absolute Gasteiger partial charge is 0.444 e. The summed E-state index contributed by atoms with van der Waals surface area (Å²) in [4.78, 5) is 11.8. The number of anilines is 1. The second-order valence-electron chi connectivity index (χ2n) is 6.14. The summed E-state index contributed by atoms with van der Waals surface area (Å²) in [7, 11) is 0. The molecule has 23 heavy (non-hydrogen) atoms. The Morgan fingerprint density at radius 3 is 2.87 bits per heavy atom. The standard InChI is InChI=1S/C15H24N6O2/c1-5-21-12(6-7-18-21)10-16-8-11-9-17-20-13(11)19-14(22)23-15(2,3)4/h6-7,9,16H,5,8,10H2,1-4H3,(H2,17,19,20,22). The van der Waals surface area contributed by atoms with E-state index in [4.69, 9.17) is 4.74 Å². The number of rotatable bonds is 6. The summed E-state index contributed by atoms with van der Waals surface area (Å²) in [5, 5.41) is 17.0. The van der Waals surface area contributed by atoms with Gasteiger partial charge in [-0.2, -0.15) is 10.2 Å². The van der Waals surface area contributed by atoms with Crippen LogP contribution in [-0.2, 0) is 24.4 Å². The normalized spacial score (nSPS) is 11.5. The van der Waals surface area contributed by atoms with Gasteiger partial charge in [0.25, 0.3) is 0 Å². The number of carbonyl (C=O) groups excluding carboxylic acids is 1. The number of aromatic nitrogens is 4. The van der Waals surface area contributed by atoms with E-state index in [1.807, 2.05) is 31.5 Å². The average Bonchev–Trinajstić information content (AvgIpc) is 3.06. The van der Waals surface area contributed by atoms with Gasteiger partial charge in [0.05, 0.1) is 11.9 Å². The van der Waals surface area contributed by atoms with Crippen LogP contribution in [0.1, 0.15) is 39.0 Å². The molecule has 0 aliphatic heterocycles. The molecule has 3 N–H and O–H groups in total. The third-order valence-corrected chi connectivity index (χ3v) is 3.07. The molecule has 0 aliphatic carbocycles. The lowest BCUT2D eigenvalue weighted by molar-refractivity contribution is 0.0635. The molecule has 0 aliphatic rings. The minimum atomic E-state index is -0.541. The number of nitrogens with one attached hydrogen (secondary N) is 3. The lowest BCUT2D eigenvalue weighted by Crippen LogP contribution is -2.27. The highest BCUT2D eigenvalue weighted by atomic mass is 16.6. The highest BCUT2D eigenvalue weighted by Crippen LogP contribution is 2.14. The number of hydrogen-bond donors (Lipinski definition) is 3. The molecular formula is C15H24N6O2. The van der Waals surface area contributed by atoms with Gasteiger partial charge in [-0.05, 0) is 33.8 Å². The van der Waals surface area contributed by atoms with Gasteiger partial charge in [-0.15, -0.1) is 0 Å². The number of carbonyl (C=O) groups is 1. The number of aryl methyl sites for hydroxylation is 1. The van der Waals surface area contributed by atoms with E-state index in [1.165, 1.54) is 0 Å². The molecule has 1 amide bonds. The molecule has 0 spiro atoms. The van der Waals surface area contributed by atoms with Crippen molar-refractivity contribution in [1.82, 2.24) is 25.3 Å². The van der Waals surface area contributed by atoms with Crippen LogP contribution in [0, 0.1) is 0 Å². The molecule has 2 heterocycles. The van der Waals surface area contributed by atoms with Crippen LogP contribution in [0.25, 0.3) is 0 Å². The van der Waals surface area contributed by atoms with Crippen LogP contribution >= 0.6 is 0 Å². The fourth-order valence-corrected chi connectivity index (χ4v) is 2.08. The van der Waals surface area contributed by atoms with Crippen LogP contribution in [0.3, 0.4) is 0 Å². The summed E-state index contributed by atoms with van der Waals surface area (Å²) >= 11 is 0. The minimum Gasteiger partial charge on any atom is -0.444 e. The zero-order valence-electron chi connectivity index (χ0n) is 14.0. The second kappa shape index (κ2) is 7.28. The summed E-state index contributed by atoms with van der Waals surface area (Å²) in [5.74, 6) is 0.538. The Kier molecular flexibility index (Phi) is 5.38. The topological polar surface area (TPSA) is 96.9 Å². The quantitative estimate of drug-likeness (QED) is 0.758. The van der Waals surface area contributed by atoms with E-state index in [0.29, 0.717) is 18.9 Å². The fraction of sp³-hybridized carbons (Fsp3) is 0.533. The number of ether oxygens (including phenoxy) is 1. The van der Waals surface area contributed by atoms with Crippen LogP contribution in [0.2, 0.25) is 0 Å². The first kappa shape index (κ1) is 17.0. The predicted octanol–water partition coefficient (Wildman–Crippen LogP) is 2.26. The smallest absolute Gasteiger partial charge is 0.413 e. The van der Waals surface area contributed by atoms with Crippen molar-refractivity contribution in [1.29, 1.82) is 0 Å². The number of amides is 1. The Balaban J connectivity index is 1.87. The number of nitrogens with zero attached hydrogens (tertiary/aromatic N) is 3. The van der Waals surface area contributed by atoms with Crippen molar-refractivity contribution in [2.24, 2.45) is 0 Å². The first-order valence-electron chi connectivity index (χ1n) is 7.62. The molecule has 0 bridgehead atoms. The summed E-state index contributed by atoms with van der Waals surface area (Å²) in [6, 6.07) is 1.98. The molecular weight excluding hydrogens is 296 g/mol. The van der Waals surface area contributed by atoms with Crippen molar-refractivity contribution in [2.75, 3.05) is 5.32 Å². The van der Waals surface area contributed by atoms with E-state index >= 15 is 0 Å². The van der Waals surface area contributed by atoms with Crippen molar-refractivity contribution in [3.05, 3.63) is 29.7 Å². The molecule has 2 aromatic rings. The monoisotopic (exact) mass is 320 g/mol. The lowest BCUT2D eigenvalue weighted by atomic mass is 10.2. The van der Waals surface area contributed by atoms with E-state index in [2.05, 4.69) is 32.9 Å². The Morgan fingerprint density at radius 2 is 2.17 bits per heavy atom. The molecule has 0 aromatic carbocycles. The maximum Gasteiger partial charge on any atom is 0.413 e. The minimum absolute atomic E-state index is 0.507. The number of aromatic amines is 1. The SMILES string of the molecule is CCn1nccc1CNCc1cn[nH]c1NC(=O)OC(C)(C)C. The van der Waals surface area contributed by atoms with Gasteiger partial charge in [0, 0.05) is 31.4 Å². The summed E-state index contributed by atoms with van der Waals surface area (Å²) in [6.45, 7) is 9.59. The maximum absolute atomic E-state index is 11.8. The van der Waals surface area contributed by atoms with Crippen LogP contribution in [0.15, 0.2) is 18.5 Å². The van der Waals surface area contributed by atoms with Crippen LogP contribution < -0.4 is 10.6 Å². The number of hydrogen-bond acceptors (Lipinski definition) is 5. The third kappa shape index (κ3) is 5.10. The van der Waals surface area contributed by atoms with Crippen molar-refractivity contribution in [3.63, 3.8) is 0 Å². The molecule has 0 fully saturated rings. The summed E-state index contributed by atoms with van der Waals surface area (Å²) in [6.07, 6.45) is 2.96. The van der Waals surface area contributed by atoms with Gasteiger partial charge in [0.2, 0.25) is 0 Å². The first-order chi connectivity index (χ1) is 10.9. The molecule has 0 atom stereocenters. The molecule has 8 nitrogen and oxygen atoms in total. The zero-order chi connectivity index (χ0) is 16.9. The van der Waals surface area contributed by atoms with E-state index in [0.717, 1.165) is 17.8 Å². The third-order valence-electron chi connectivity index (χ3n) is 3.07. The molecule has 0 unspecified atom stereocenters. The summed E-state index contributed by atoms with van der Waals surface area (Å²) < 4.78 is 7.16. The zero-order valence-corrected chi connectivity index (χ0v) is 14.0. The molecule has 0 saturated heterocycles. The van der Waals surface area contributed by atoms with Crippen LogP contribution in [0.4, 0.5) is 10.6 Å². The Hall–Kier alpha value is -2.35. The van der Waals surface area contributed by atoms with Crippen molar-refractivity contribution >= 4 is 11.9 Å². The van der Waals surface area contributed by atoms with Gasteiger partial charge in [0.15, 0.2) is 0 Å². The van der Waals surface area contributed by atoms with Crippen LogP contribution in [0.5, 0.6) is 0 Å². The van der Waals surface area contributed by atoms with Gasteiger partial charge in [-0.25, -0.2) is 4.79 Å². The van der Waals surface area contributed by atoms with Crippen LogP contribution in [-0.4, -0.2) is 31.7 Å². The predicted molar refractivity (Wildman–Crippen MR) is 86.9 cm³/mol. The van der Waals surface area contributed by atoms with Crippen molar-refractivity contribution < 1.29 is 9.53 Å². The van der Waals surface area contributed by atoms with E-state index in [1.54, 1.807) is 12.4 Å². The van der Waals surface area contributed by atoms with Gasteiger partial charge in [-0.3, -0.25) is 15.1 Å². The van der Waals surface area contributed by atoms with Crippen molar-refractivity contribution in [3.8, 4) is 0 Å². The lowest BCUT2D eigenvalue weighted by Gasteiger charge is -2.19. The van der Waals surface area contributed by atoms with E-state index in [-0.39, 0.29) is 0 Å². The Labute approximate surface area is 135 Å². The van der Waals surface area contributed by atoms with Gasteiger partial charge in [-0.1, -0.05) is 0 Å². The van der Waals surface area contributed by atoms with E-state index < -0.39 is 11.7 Å². The Bertz CT molecular complexity index is 640. The average molecular weight is 320 g/mol. The van der Waals surface area contributed by atoms with Gasteiger partial charge >= 0.3 is 6.09 Å². The van der Waals surface area contributed by atoms with Gasteiger partial charge < -0.3 is 10.1 Å². The van der Waals surface area contributed by atoms with Crippen molar-refractivity contribution in [2.45, 2.75) is 52.9 Å². The maximum atomic E-state index is 11.8. The highest BCUT2D eigenvalue weighted by molar-refractivity contribution is 5.84. The Morgan fingerprint density at radius 1 is 1.39 bits per heavy atom. The molecule has 2 rings (SSSR count). The molecule has 0 radical (unpaired) electrons. The van der Waals surface area contributed by atoms with E-state index in [9.17, 15) is 4.79 Å². The molecule has 2 aromatic heterocycles. The highest BCUT2D eigenvalue weighted by Gasteiger charge is 2.17. The first-order valence-corrected chi connectivity index (χ1v) is 7.62. The second-order valence-corrected chi connectivity index (χ2v) is 6.14. The molecule has 8 heteroatoms. The fourth-order valence-electron chi connectivity index (χ4n) is 2.08. The summed E-state index contributed by atoms with van der Waals surface area (Å²) in [5.41, 5.74) is 1.43. The molecule has 126 valence electrons.